The molecular formula is C29H32F6N6O4. The Bertz CT molecular complexity index is 1440. The van der Waals surface area contributed by atoms with E-state index in [1.165, 1.54) is 13.4 Å². The van der Waals surface area contributed by atoms with E-state index in [0.29, 0.717) is 55.5 Å². The van der Waals surface area contributed by atoms with E-state index < -0.39 is 29.9 Å². The number of ether oxygens (including phenoxy) is 1. The Balaban J connectivity index is 0.000000707. The van der Waals surface area contributed by atoms with E-state index in [0.717, 1.165) is 23.3 Å². The first-order valence-electron chi connectivity index (χ1n) is 13.4. The van der Waals surface area contributed by atoms with E-state index in [9.17, 15) is 31.1 Å². The predicted molar refractivity (Wildman–Crippen MR) is 153 cm³/mol. The highest BCUT2D eigenvalue weighted by molar-refractivity contribution is 5.91. The van der Waals surface area contributed by atoms with Gasteiger partial charge in [-0.15, -0.1) is 0 Å². The third kappa shape index (κ3) is 9.28. The fourth-order valence-corrected chi connectivity index (χ4v) is 4.71. The van der Waals surface area contributed by atoms with Gasteiger partial charge >= 0.3 is 24.3 Å². The van der Waals surface area contributed by atoms with E-state index in [1.807, 2.05) is 19.0 Å². The Kier molecular flexibility index (Phi) is 11.3. The first kappa shape index (κ1) is 35.0. The van der Waals surface area contributed by atoms with Crippen molar-refractivity contribution in [2.75, 3.05) is 64.6 Å². The molecular weight excluding hydrogens is 610 g/mol. The van der Waals surface area contributed by atoms with Crippen molar-refractivity contribution >= 4 is 23.6 Å². The number of nitrogens with two attached hydrogens (primary N) is 1. The summed E-state index contributed by atoms with van der Waals surface area (Å²) in [5, 5.41) is 7.12. The van der Waals surface area contributed by atoms with Crippen LogP contribution in [-0.2, 0) is 15.7 Å². The monoisotopic (exact) mass is 642 g/mol. The molecule has 3 aromatic rings. The van der Waals surface area contributed by atoms with Crippen molar-refractivity contribution in [1.82, 2.24) is 19.8 Å². The fourth-order valence-electron chi connectivity index (χ4n) is 4.71. The molecule has 0 spiro atoms. The van der Waals surface area contributed by atoms with Gasteiger partial charge in [0.1, 0.15) is 18.0 Å². The quantitative estimate of drug-likeness (QED) is 0.279. The van der Waals surface area contributed by atoms with Gasteiger partial charge in [0, 0.05) is 38.8 Å². The number of carbonyl (C=O) groups excluding carboxylic acids is 1. The predicted octanol–water partition coefficient (Wildman–Crippen LogP) is 4.59. The standard InChI is InChI=1S/C27H31F3N6O2.C2HF3O2/c1-34(2)16-22(18-8-10-21(11-9-18)27(28,29)30)35-12-14-36(15-13-35)25-23(24(31)32-17-33-25)19-4-6-20(7-5-19)26(37)38-3;3-2(4,5)1(6)7/h4-11,17,22H,12-16H2,1-3H3,(H2,31,32,33);(H,6,7). The first-order valence-corrected chi connectivity index (χ1v) is 13.4. The summed E-state index contributed by atoms with van der Waals surface area (Å²) >= 11 is 0. The second-order valence-corrected chi connectivity index (χ2v) is 10.3. The van der Waals surface area contributed by atoms with E-state index in [4.69, 9.17) is 20.4 Å². The average molecular weight is 643 g/mol. The molecule has 2 heterocycles. The van der Waals surface area contributed by atoms with Gasteiger partial charge in [0.05, 0.1) is 23.8 Å². The van der Waals surface area contributed by atoms with Crippen molar-refractivity contribution < 1.29 is 45.8 Å². The number of benzene rings is 2. The fraction of sp³-hybridized carbons (Fsp3) is 0.379. The highest BCUT2D eigenvalue weighted by Gasteiger charge is 2.38. The lowest BCUT2D eigenvalue weighted by molar-refractivity contribution is -0.192. The van der Waals surface area contributed by atoms with Gasteiger partial charge in [0.2, 0.25) is 0 Å². The Hall–Kier alpha value is -4.44. The van der Waals surface area contributed by atoms with Crippen LogP contribution in [0.1, 0.15) is 27.5 Å². The molecule has 0 bridgehead atoms. The molecule has 1 saturated heterocycles. The normalized spacial score (nSPS) is 14.8. The van der Waals surface area contributed by atoms with Crippen LogP contribution in [0.2, 0.25) is 0 Å². The molecule has 1 aliphatic rings. The van der Waals surface area contributed by atoms with Crippen LogP contribution in [-0.4, -0.2) is 96.9 Å². The summed E-state index contributed by atoms with van der Waals surface area (Å²) in [5.41, 5.74) is 8.36. The topological polar surface area (TPSA) is 125 Å². The smallest absolute Gasteiger partial charge is 0.475 e. The largest absolute Gasteiger partial charge is 0.490 e. The van der Waals surface area contributed by atoms with Crippen LogP contribution in [0.25, 0.3) is 11.1 Å². The van der Waals surface area contributed by atoms with Gasteiger partial charge in [-0.1, -0.05) is 24.3 Å². The molecule has 0 aliphatic carbocycles. The summed E-state index contributed by atoms with van der Waals surface area (Å²) in [6.07, 6.45) is -8.02. The molecule has 244 valence electrons. The third-order valence-electron chi connectivity index (χ3n) is 6.91. The van der Waals surface area contributed by atoms with Gasteiger partial charge in [-0.05, 0) is 49.5 Å². The Morgan fingerprint density at radius 1 is 0.956 bits per heavy atom. The highest BCUT2D eigenvalue weighted by Crippen LogP contribution is 2.35. The number of hydrogen-bond acceptors (Lipinski definition) is 9. The van der Waals surface area contributed by atoms with Crippen LogP contribution in [0, 0.1) is 0 Å². The molecule has 10 nitrogen and oxygen atoms in total. The molecule has 1 aliphatic heterocycles. The molecule has 3 N–H and O–H groups in total. The lowest BCUT2D eigenvalue weighted by Gasteiger charge is -2.41. The number of carboxylic acid groups (broad SMARTS) is 1. The number of methoxy groups -OCH3 is 1. The van der Waals surface area contributed by atoms with Crippen LogP contribution in [0.15, 0.2) is 54.9 Å². The number of nitrogens with zero attached hydrogens (tertiary/aromatic N) is 5. The highest BCUT2D eigenvalue weighted by atomic mass is 19.4. The molecule has 45 heavy (non-hydrogen) atoms. The first-order chi connectivity index (χ1) is 21.0. The van der Waals surface area contributed by atoms with Crippen molar-refractivity contribution in [1.29, 1.82) is 0 Å². The number of anilines is 2. The minimum atomic E-state index is -5.08. The molecule has 4 rings (SSSR count). The van der Waals surface area contributed by atoms with Crippen LogP contribution in [0.3, 0.4) is 0 Å². The summed E-state index contributed by atoms with van der Waals surface area (Å²) < 4.78 is 75.8. The third-order valence-corrected chi connectivity index (χ3v) is 6.91. The Morgan fingerprint density at radius 2 is 1.51 bits per heavy atom. The maximum atomic E-state index is 13.1. The number of rotatable bonds is 7. The molecule has 0 amide bonds. The summed E-state index contributed by atoms with van der Waals surface area (Å²) in [5.74, 6) is -2.15. The minimum Gasteiger partial charge on any atom is -0.475 e. The molecule has 0 saturated carbocycles. The number of nitrogen functional groups attached to an aromatic ring is 1. The van der Waals surface area contributed by atoms with Crippen molar-refractivity contribution in [2.45, 2.75) is 18.4 Å². The van der Waals surface area contributed by atoms with Gasteiger partial charge in [0.25, 0.3) is 0 Å². The SMILES string of the molecule is COC(=O)c1ccc(-c2c(N)ncnc2N2CCN(C(CN(C)C)c3ccc(C(F)(F)F)cc3)CC2)cc1.O=C(O)C(F)(F)F. The van der Waals surface area contributed by atoms with E-state index in [2.05, 4.69) is 19.8 Å². The maximum Gasteiger partial charge on any atom is 0.490 e. The molecule has 1 fully saturated rings. The van der Waals surface area contributed by atoms with Gasteiger partial charge < -0.3 is 25.4 Å². The zero-order valence-electron chi connectivity index (χ0n) is 24.6. The maximum absolute atomic E-state index is 13.1. The van der Waals surface area contributed by atoms with E-state index in [1.54, 1.807) is 36.4 Å². The molecule has 1 aromatic heterocycles. The molecule has 16 heteroatoms. The van der Waals surface area contributed by atoms with Crippen molar-refractivity contribution in [3.63, 3.8) is 0 Å². The Labute approximate surface area is 255 Å². The number of halogens is 6. The van der Waals surface area contributed by atoms with Gasteiger partial charge in [-0.2, -0.15) is 26.3 Å². The molecule has 0 radical (unpaired) electrons. The summed E-state index contributed by atoms with van der Waals surface area (Å²) in [6, 6.07) is 12.3. The lowest BCUT2D eigenvalue weighted by Crippen LogP contribution is -2.49. The number of carboxylic acids is 1. The number of carbonyl (C=O) groups is 2. The van der Waals surface area contributed by atoms with E-state index >= 15 is 0 Å². The van der Waals surface area contributed by atoms with Crippen LogP contribution in [0.4, 0.5) is 38.0 Å². The molecule has 1 atom stereocenters. The second-order valence-electron chi connectivity index (χ2n) is 10.3. The number of hydrogen-bond donors (Lipinski definition) is 2. The number of piperazine rings is 1. The second kappa shape index (κ2) is 14.6. The number of likely N-dealkylation sites (N-methyl/N-ethyl adjacent to an activating group) is 1. The zero-order chi connectivity index (χ0) is 33.5. The summed E-state index contributed by atoms with van der Waals surface area (Å²) in [6.45, 7) is 3.33. The number of aliphatic carboxylic acids is 1. The van der Waals surface area contributed by atoms with Gasteiger partial charge in [-0.3, -0.25) is 4.90 Å². The van der Waals surface area contributed by atoms with Crippen LogP contribution in [0.5, 0.6) is 0 Å². The summed E-state index contributed by atoms with van der Waals surface area (Å²) in [7, 11) is 5.24. The Morgan fingerprint density at radius 3 is 1.98 bits per heavy atom. The van der Waals surface area contributed by atoms with Gasteiger partial charge in [0.15, 0.2) is 0 Å². The molecule has 1 unspecified atom stereocenters. The van der Waals surface area contributed by atoms with Crippen LogP contribution >= 0.6 is 0 Å². The number of aromatic nitrogens is 2. The minimum absolute atomic E-state index is 0.0600. The number of alkyl halides is 6. The van der Waals surface area contributed by atoms with Crippen molar-refractivity contribution in [2.24, 2.45) is 0 Å². The zero-order valence-corrected chi connectivity index (χ0v) is 24.6. The van der Waals surface area contributed by atoms with Gasteiger partial charge in [-0.25, -0.2) is 19.6 Å². The van der Waals surface area contributed by atoms with E-state index in [-0.39, 0.29) is 6.04 Å². The van der Waals surface area contributed by atoms with Crippen molar-refractivity contribution in [3.05, 3.63) is 71.5 Å². The van der Waals surface area contributed by atoms with Crippen molar-refractivity contribution in [3.8, 4) is 11.1 Å². The van der Waals surface area contributed by atoms with Crippen LogP contribution < -0.4 is 10.6 Å². The summed E-state index contributed by atoms with van der Waals surface area (Å²) in [4.78, 5) is 35.9. The average Bonchev–Trinajstić information content (AvgIpc) is 2.99. The lowest BCUT2D eigenvalue weighted by atomic mass is 10.0. The molecule has 2 aromatic carbocycles. The number of esters is 1.